The summed E-state index contributed by atoms with van der Waals surface area (Å²) in [5.74, 6) is -2.62. The Morgan fingerprint density at radius 2 is 1.74 bits per heavy atom. The highest BCUT2D eigenvalue weighted by molar-refractivity contribution is 7.90. The number of hydrogen-bond acceptors (Lipinski definition) is 7. The second-order valence-corrected chi connectivity index (χ2v) is 11.2. The molecule has 0 amide bonds. The fourth-order valence-electron chi connectivity index (χ4n) is 3.58. The van der Waals surface area contributed by atoms with Crippen molar-refractivity contribution in [3.05, 3.63) is 76.2 Å². The average molecular weight is 536 g/mol. The minimum absolute atomic E-state index is 0.0756. The molecular formula is C24H20ClF2N3O3S2. The topological polar surface area (TPSA) is 82.0 Å². The van der Waals surface area contributed by atoms with Crippen molar-refractivity contribution in [1.29, 1.82) is 0 Å². The van der Waals surface area contributed by atoms with Crippen LogP contribution in [0.3, 0.4) is 0 Å². The monoisotopic (exact) mass is 535 g/mol. The maximum absolute atomic E-state index is 14.2. The summed E-state index contributed by atoms with van der Waals surface area (Å²) in [6, 6.07) is 9.55. The van der Waals surface area contributed by atoms with Gasteiger partial charge in [-0.1, -0.05) is 32.0 Å². The van der Waals surface area contributed by atoms with E-state index >= 15 is 0 Å². The number of nitrogens with zero attached hydrogens (tertiary/aromatic N) is 3. The molecular weight excluding hydrogens is 516 g/mol. The molecule has 0 aliphatic heterocycles. The molecule has 11 heteroatoms. The first-order chi connectivity index (χ1) is 16.6. The summed E-state index contributed by atoms with van der Waals surface area (Å²) in [6.07, 6.45) is 1.53. The molecule has 2 aromatic carbocycles. The zero-order chi connectivity index (χ0) is 25.3. The predicted octanol–water partition coefficient (Wildman–Crippen LogP) is 6.30. The molecule has 0 saturated heterocycles. The first kappa shape index (κ1) is 25.2. The van der Waals surface area contributed by atoms with Gasteiger partial charge in [0, 0.05) is 23.2 Å². The van der Waals surface area contributed by atoms with Gasteiger partial charge in [0.15, 0.2) is 9.84 Å². The van der Waals surface area contributed by atoms with Crippen LogP contribution in [-0.2, 0) is 15.6 Å². The third-order valence-corrected chi connectivity index (χ3v) is 8.39. The van der Waals surface area contributed by atoms with Crippen LogP contribution in [0.4, 0.5) is 8.78 Å². The van der Waals surface area contributed by atoms with E-state index in [4.69, 9.17) is 21.3 Å². The van der Waals surface area contributed by atoms with E-state index in [0.717, 1.165) is 23.2 Å². The summed E-state index contributed by atoms with van der Waals surface area (Å²) in [5, 5.41) is 0.907. The van der Waals surface area contributed by atoms with Crippen LogP contribution in [0.2, 0.25) is 5.28 Å². The Hall–Kier alpha value is -2.95. The number of halogens is 3. The fourth-order valence-corrected chi connectivity index (χ4v) is 6.29. The molecule has 0 saturated carbocycles. The molecule has 0 aliphatic rings. The molecule has 2 aromatic heterocycles. The van der Waals surface area contributed by atoms with Crippen molar-refractivity contribution < 1.29 is 21.9 Å². The van der Waals surface area contributed by atoms with Crippen LogP contribution in [0, 0.1) is 11.6 Å². The maximum Gasteiger partial charge on any atom is 0.222 e. The largest absolute Gasteiger partial charge is 0.496 e. The van der Waals surface area contributed by atoms with E-state index in [1.54, 1.807) is 18.2 Å². The van der Waals surface area contributed by atoms with Crippen LogP contribution in [0.1, 0.15) is 30.3 Å². The molecule has 2 heterocycles. The first-order valence-electron chi connectivity index (χ1n) is 10.4. The van der Waals surface area contributed by atoms with Crippen LogP contribution in [0.5, 0.6) is 5.75 Å². The lowest BCUT2D eigenvalue weighted by Gasteiger charge is -2.14. The maximum atomic E-state index is 14.2. The quantitative estimate of drug-likeness (QED) is 0.258. The van der Waals surface area contributed by atoms with Crippen molar-refractivity contribution in [1.82, 2.24) is 15.0 Å². The molecule has 0 atom stereocenters. The molecule has 0 aliphatic carbocycles. The summed E-state index contributed by atoms with van der Waals surface area (Å²) >= 11 is 7.44. The molecule has 4 rings (SSSR count). The summed E-state index contributed by atoms with van der Waals surface area (Å²) < 4.78 is 60.1. The predicted molar refractivity (Wildman–Crippen MR) is 131 cm³/mol. The Bertz CT molecular complexity index is 1490. The highest BCUT2D eigenvalue weighted by Gasteiger charge is 2.28. The number of methoxy groups -OCH3 is 1. The van der Waals surface area contributed by atoms with Gasteiger partial charge in [0.2, 0.25) is 5.28 Å². The molecule has 35 heavy (non-hydrogen) atoms. The van der Waals surface area contributed by atoms with Gasteiger partial charge in [0.25, 0.3) is 0 Å². The summed E-state index contributed by atoms with van der Waals surface area (Å²) in [5.41, 5.74) is 1.83. The van der Waals surface area contributed by atoms with E-state index in [9.17, 15) is 17.2 Å². The third-order valence-electron chi connectivity index (χ3n) is 5.13. The number of rotatable bonds is 7. The molecule has 0 unspecified atom stereocenters. The van der Waals surface area contributed by atoms with E-state index in [0.29, 0.717) is 21.8 Å². The van der Waals surface area contributed by atoms with E-state index in [2.05, 4.69) is 9.97 Å². The van der Waals surface area contributed by atoms with Crippen molar-refractivity contribution in [3.8, 4) is 27.6 Å². The van der Waals surface area contributed by atoms with Gasteiger partial charge < -0.3 is 4.74 Å². The normalized spacial score (nSPS) is 11.7. The minimum atomic E-state index is -4.37. The van der Waals surface area contributed by atoms with E-state index < -0.39 is 32.1 Å². The molecule has 4 aromatic rings. The second kappa shape index (κ2) is 9.96. The number of para-hydroxylation sites is 1. The Morgan fingerprint density at radius 3 is 2.37 bits per heavy atom. The Kier molecular flexibility index (Phi) is 7.16. The lowest BCUT2D eigenvalue weighted by Crippen LogP contribution is -2.11. The molecule has 0 bridgehead atoms. The van der Waals surface area contributed by atoms with Crippen LogP contribution in [0.25, 0.3) is 21.8 Å². The smallest absolute Gasteiger partial charge is 0.222 e. The van der Waals surface area contributed by atoms with Crippen LogP contribution in [0.15, 0.2) is 53.6 Å². The fraction of sp³-hybridized carbons (Fsp3) is 0.208. The molecule has 0 radical (unpaired) electrons. The zero-order valence-corrected chi connectivity index (χ0v) is 21.3. The highest BCUT2D eigenvalue weighted by atomic mass is 35.5. The molecule has 182 valence electrons. The van der Waals surface area contributed by atoms with Crippen molar-refractivity contribution >= 4 is 32.8 Å². The molecule has 0 fully saturated rings. The SMILES string of the molecule is COc1c(CS(=O)(=O)c2c(F)cccc2F)cccc1-c1nc(C(C)C)sc1-c1ccnc(Cl)n1. The second-order valence-electron chi connectivity index (χ2n) is 7.90. The number of hydrogen-bond donors (Lipinski definition) is 0. The summed E-state index contributed by atoms with van der Waals surface area (Å²) in [7, 11) is -2.97. The molecule has 0 N–H and O–H groups in total. The van der Waals surface area contributed by atoms with Crippen LogP contribution >= 0.6 is 22.9 Å². The first-order valence-corrected chi connectivity index (χ1v) is 13.3. The van der Waals surface area contributed by atoms with Gasteiger partial charge in [-0.3, -0.25) is 0 Å². The number of benzene rings is 2. The number of thiazole rings is 1. The molecule has 0 spiro atoms. The number of ether oxygens (including phenoxy) is 1. The van der Waals surface area contributed by atoms with Crippen molar-refractivity contribution in [2.24, 2.45) is 0 Å². The van der Waals surface area contributed by atoms with Gasteiger partial charge in [0.05, 0.1) is 34.1 Å². The van der Waals surface area contributed by atoms with Gasteiger partial charge in [0.1, 0.15) is 22.3 Å². The van der Waals surface area contributed by atoms with Crippen molar-refractivity contribution in [2.75, 3.05) is 7.11 Å². The van der Waals surface area contributed by atoms with Crippen molar-refractivity contribution in [2.45, 2.75) is 30.4 Å². The summed E-state index contributed by atoms with van der Waals surface area (Å²) in [6.45, 7) is 4.01. The van der Waals surface area contributed by atoms with E-state index in [1.165, 1.54) is 30.7 Å². The standard InChI is InChI=1S/C24H20ClF2N3O3S2/c1-13(2)23-30-19(21(34-23)18-10-11-28-24(25)29-18)15-7-4-6-14(20(15)33-3)12-35(31,32)22-16(26)8-5-9-17(22)27/h4-11,13H,12H2,1-3H3. The highest BCUT2D eigenvalue weighted by Crippen LogP contribution is 2.43. The van der Waals surface area contributed by atoms with Crippen LogP contribution < -0.4 is 4.74 Å². The lowest BCUT2D eigenvalue weighted by molar-refractivity contribution is 0.412. The van der Waals surface area contributed by atoms with Crippen molar-refractivity contribution in [3.63, 3.8) is 0 Å². The van der Waals surface area contributed by atoms with Gasteiger partial charge in [-0.15, -0.1) is 11.3 Å². The van der Waals surface area contributed by atoms with Gasteiger partial charge >= 0.3 is 0 Å². The van der Waals surface area contributed by atoms with Gasteiger partial charge in [-0.25, -0.2) is 32.2 Å². The average Bonchev–Trinajstić information content (AvgIpc) is 3.24. The van der Waals surface area contributed by atoms with E-state index in [1.807, 2.05) is 13.8 Å². The zero-order valence-electron chi connectivity index (χ0n) is 18.9. The number of aromatic nitrogens is 3. The minimum Gasteiger partial charge on any atom is -0.496 e. The van der Waals surface area contributed by atoms with Gasteiger partial charge in [-0.05, 0) is 35.9 Å². The Balaban J connectivity index is 1.87. The van der Waals surface area contributed by atoms with Crippen LogP contribution in [-0.4, -0.2) is 30.5 Å². The van der Waals surface area contributed by atoms with E-state index in [-0.39, 0.29) is 22.5 Å². The molecule has 6 nitrogen and oxygen atoms in total. The number of sulfone groups is 1. The Morgan fingerprint density at radius 1 is 1.06 bits per heavy atom. The Labute approximate surface area is 210 Å². The summed E-state index contributed by atoms with van der Waals surface area (Å²) in [4.78, 5) is 12.7. The van der Waals surface area contributed by atoms with Gasteiger partial charge in [-0.2, -0.15) is 0 Å². The lowest BCUT2D eigenvalue weighted by atomic mass is 10.0. The third kappa shape index (κ3) is 5.05.